The van der Waals surface area contributed by atoms with Crippen LogP contribution in [0.3, 0.4) is 0 Å². The molecule has 4 aliphatic heterocycles. The topological polar surface area (TPSA) is 157 Å². The highest BCUT2D eigenvalue weighted by Gasteiger charge is 2.32. The lowest BCUT2D eigenvalue weighted by molar-refractivity contribution is -0.133. The third-order valence-corrected chi connectivity index (χ3v) is 12.3. The second-order valence-electron chi connectivity index (χ2n) is 17.1. The highest BCUT2D eigenvalue weighted by atomic mass is 16.5. The molecule has 4 aromatic rings. The summed E-state index contributed by atoms with van der Waals surface area (Å²) in [6.07, 6.45) is 9.44. The zero-order chi connectivity index (χ0) is 41.6. The molecule has 4 amide bonds. The summed E-state index contributed by atoms with van der Waals surface area (Å²) in [5, 5.41) is 12.1. The van der Waals surface area contributed by atoms with Crippen molar-refractivity contribution in [3.63, 3.8) is 0 Å². The van der Waals surface area contributed by atoms with Gasteiger partial charge in [0.05, 0.1) is 42.9 Å². The average molecular weight is 815 g/mol. The second kappa shape index (κ2) is 18.8. The number of carbonyl (C=O) groups is 3. The molecule has 0 radical (unpaired) electrons. The van der Waals surface area contributed by atoms with Crippen LogP contribution in [-0.4, -0.2) is 107 Å². The number of benzene rings is 2. The van der Waals surface area contributed by atoms with Gasteiger partial charge in [-0.05, 0) is 131 Å². The van der Waals surface area contributed by atoms with Crippen LogP contribution in [0.1, 0.15) is 75.0 Å². The van der Waals surface area contributed by atoms with E-state index in [1.54, 1.807) is 11.1 Å². The Kier molecular flexibility index (Phi) is 12.9. The molecule has 4 N–H and O–H groups in total. The van der Waals surface area contributed by atoms with E-state index in [0.717, 1.165) is 98.0 Å². The standard InChI is InChI=1S/C46H58N10O4/c1-30(2)60-39-28-56(29-39)46(59)49-25-36-5-4-35(24-31(36)3)40-14-19-47-45(52-40)51-38-10-12-42(48-26-38)55-22-15-32(16-23-55)27-54-20-17-34(18-21-54)33-6-8-37(9-7-33)50-41-11-13-43(57)53-44(41)58/h4-10,12,14,19,24,26,30,32,34,39,41,50H,11,13,15-18,20-23,25,27-29H2,1-3H3,(H,49,59)(H,47,51,52)(H,53,57,58). The molecule has 1 unspecified atom stereocenters. The maximum Gasteiger partial charge on any atom is 0.317 e. The van der Waals surface area contributed by atoms with E-state index < -0.39 is 0 Å². The van der Waals surface area contributed by atoms with Gasteiger partial charge < -0.3 is 35.4 Å². The van der Waals surface area contributed by atoms with Crippen LogP contribution in [0.15, 0.2) is 73.1 Å². The molecule has 60 heavy (non-hydrogen) atoms. The van der Waals surface area contributed by atoms with Crippen molar-refractivity contribution < 1.29 is 19.1 Å². The molecule has 8 rings (SSSR count). The molecule has 6 heterocycles. The Labute approximate surface area is 352 Å². The van der Waals surface area contributed by atoms with Gasteiger partial charge in [-0.2, -0.15) is 0 Å². The maximum absolute atomic E-state index is 12.6. The first-order chi connectivity index (χ1) is 29.1. The number of amides is 4. The second-order valence-corrected chi connectivity index (χ2v) is 17.1. The van der Waals surface area contributed by atoms with E-state index in [1.165, 1.54) is 5.56 Å². The van der Waals surface area contributed by atoms with Crippen LogP contribution in [0.4, 0.5) is 27.9 Å². The molecule has 0 aliphatic carbocycles. The van der Waals surface area contributed by atoms with Gasteiger partial charge in [-0.3, -0.25) is 14.9 Å². The normalized spacial score (nSPS) is 19.6. The van der Waals surface area contributed by atoms with Gasteiger partial charge in [-0.1, -0.05) is 24.3 Å². The van der Waals surface area contributed by atoms with Gasteiger partial charge in [-0.25, -0.2) is 19.7 Å². The summed E-state index contributed by atoms with van der Waals surface area (Å²) in [4.78, 5) is 57.1. The number of hydrogen-bond acceptors (Lipinski definition) is 11. The number of imide groups is 1. The van der Waals surface area contributed by atoms with Crippen molar-refractivity contribution in [3.8, 4) is 11.3 Å². The number of urea groups is 1. The van der Waals surface area contributed by atoms with E-state index in [9.17, 15) is 14.4 Å². The van der Waals surface area contributed by atoms with Gasteiger partial charge in [0.15, 0.2) is 0 Å². The van der Waals surface area contributed by atoms with Crippen LogP contribution in [-0.2, 0) is 20.9 Å². The number of nitrogens with one attached hydrogen (secondary N) is 4. The fraction of sp³-hybridized carbons (Fsp3) is 0.478. The highest BCUT2D eigenvalue weighted by molar-refractivity contribution is 6.01. The number of aryl methyl sites for hydroxylation is 1. The minimum absolute atomic E-state index is 0.0645. The van der Waals surface area contributed by atoms with E-state index in [0.29, 0.717) is 50.3 Å². The van der Waals surface area contributed by atoms with E-state index >= 15 is 0 Å². The molecule has 1 atom stereocenters. The van der Waals surface area contributed by atoms with E-state index in [2.05, 4.69) is 79.4 Å². The van der Waals surface area contributed by atoms with Crippen molar-refractivity contribution in [1.29, 1.82) is 0 Å². The Morgan fingerprint density at radius 2 is 1.67 bits per heavy atom. The Morgan fingerprint density at radius 1 is 0.900 bits per heavy atom. The molecule has 14 heteroatoms. The van der Waals surface area contributed by atoms with E-state index in [-0.39, 0.29) is 36.1 Å². The number of carbonyl (C=O) groups excluding carboxylic acids is 3. The summed E-state index contributed by atoms with van der Waals surface area (Å²) in [7, 11) is 0. The Bertz CT molecular complexity index is 2110. The first-order valence-corrected chi connectivity index (χ1v) is 21.6. The van der Waals surface area contributed by atoms with Crippen molar-refractivity contribution in [1.82, 2.24) is 35.4 Å². The summed E-state index contributed by atoms with van der Waals surface area (Å²) in [5.41, 5.74) is 7.05. The van der Waals surface area contributed by atoms with Crippen LogP contribution in [0.2, 0.25) is 0 Å². The molecule has 4 fully saturated rings. The first kappa shape index (κ1) is 41.1. The van der Waals surface area contributed by atoms with E-state index in [1.807, 2.05) is 44.3 Å². The number of aromatic nitrogens is 3. The summed E-state index contributed by atoms with van der Waals surface area (Å²) >= 11 is 0. The minimum atomic E-state index is -0.361. The summed E-state index contributed by atoms with van der Waals surface area (Å²) in [6, 6.07) is 20.3. The SMILES string of the molecule is Cc1cc(-c2ccnc(Nc3ccc(N4CCC(CN5CCC(c6ccc(NC7CCC(=O)NC7=O)cc6)CC5)CC4)nc3)n2)ccc1CNC(=O)N1CC(OC(C)C)C1. The maximum atomic E-state index is 12.6. The quantitative estimate of drug-likeness (QED) is 0.114. The third-order valence-electron chi connectivity index (χ3n) is 12.3. The van der Waals surface area contributed by atoms with Crippen molar-refractivity contribution in [2.75, 3.05) is 61.3 Å². The molecule has 0 saturated carbocycles. The zero-order valence-electron chi connectivity index (χ0n) is 35.0. The van der Waals surface area contributed by atoms with Crippen LogP contribution >= 0.6 is 0 Å². The summed E-state index contributed by atoms with van der Waals surface area (Å²) < 4.78 is 5.77. The number of piperidine rings is 3. The average Bonchev–Trinajstić information content (AvgIpc) is 3.24. The monoisotopic (exact) mass is 814 g/mol. The third kappa shape index (κ3) is 10.4. The number of rotatable bonds is 13. The molecule has 4 aliphatic rings. The fourth-order valence-corrected chi connectivity index (χ4v) is 8.81. The van der Waals surface area contributed by atoms with Crippen LogP contribution in [0.5, 0.6) is 0 Å². The van der Waals surface area contributed by atoms with Crippen molar-refractivity contribution in [3.05, 3.63) is 89.7 Å². The molecule has 14 nitrogen and oxygen atoms in total. The van der Waals surface area contributed by atoms with Crippen molar-refractivity contribution in [2.45, 2.75) is 90.0 Å². The number of likely N-dealkylation sites (tertiary alicyclic amines) is 2. The Hall–Kier alpha value is -5.60. The van der Waals surface area contributed by atoms with Crippen LogP contribution < -0.4 is 26.2 Å². The molecular formula is C46H58N10O4. The predicted octanol–water partition coefficient (Wildman–Crippen LogP) is 6.22. The molecule has 2 aromatic carbocycles. The highest BCUT2D eigenvalue weighted by Crippen LogP contribution is 2.31. The van der Waals surface area contributed by atoms with Gasteiger partial charge >= 0.3 is 6.03 Å². The smallest absolute Gasteiger partial charge is 0.317 e. The Balaban J connectivity index is 0.751. The minimum Gasteiger partial charge on any atom is -0.374 e. The molecule has 4 saturated heterocycles. The van der Waals surface area contributed by atoms with Crippen molar-refractivity contribution in [2.24, 2.45) is 5.92 Å². The van der Waals surface area contributed by atoms with Crippen LogP contribution in [0, 0.1) is 12.8 Å². The number of nitrogens with zero attached hydrogens (tertiary/aromatic N) is 6. The predicted molar refractivity (Wildman–Crippen MR) is 233 cm³/mol. The first-order valence-electron chi connectivity index (χ1n) is 21.6. The van der Waals surface area contributed by atoms with Gasteiger partial charge in [0.2, 0.25) is 17.8 Å². The molecule has 0 spiro atoms. The van der Waals surface area contributed by atoms with Gasteiger partial charge in [0.1, 0.15) is 11.9 Å². The number of ether oxygens (including phenoxy) is 1. The summed E-state index contributed by atoms with van der Waals surface area (Å²) in [6.45, 7) is 13.2. The number of hydrogen-bond donors (Lipinski definition) is 4. The van der Waals surface area contributed by atoms with Crippen LogP contribution in [0.25, 0.3) is 11.3 Å². The lowest BCUT2D eigenvalue weighted by atomic mass is 9.88. The fourth-order valence-electron chi connectivity index (χ4n) is 8.81. The largest absolute Gasteiger partial charge is 0.374 e. The molecular weight excluding hydrogens is 757 g/mol. The van der Waals surface area contributed by atoms with Gasteiger partial charge in [0.25, 0.3) is 0 Å². The zero-order valence-corrected chi connectivity index (χ0v) is 35.0. The lowest BCUT2D eigenvalue weighted by Crippen LogP contribution is -2.58. The van der Waals surface area contributed by atoms with Gasteiger partial charge in [0, 0.05) is 50.0 Å². The number of anilines is 4. The molecule has 316 valence electrons. The van der Waals surface area contributed by atoms with Gasteiger partial charge in [-0.15, -0.1) is 0 Å². The molecule has 2 aromatic heterocycles. The van der Waals surface area contributed by atoms with Crippen molar-refractivity contribution >= 4 is 41.0 Å². The summed E-state index contributed by atoms with van der Waals surface area (Å²) in [5.74, 6) is 2.31. The number of pyridine rings is 1. The lowest BCUT2D eigenvalue weighted by Gasteiger charge is -2.39. The van der Waals surface area contributed by atoms with E-state index in [4.69, 9.17) is 14.7 Å². The Morgan fingerprint density at radius 3 is 2.37 bits per heavy atom. The molecule has 0 bridgehead atoms.